The van der Waals surface area contributed by atoms with Gasteiger partial charge in [0.15, 0.2) is 17.3 Å². The number of halogens is 4. The van der Waals surface area contributed by atoms with E-state index in [0.29, 0.717) is 0 Å². The number of nitriles is 1. The van der Waals surface area contributed by atoms with Crippen molar-refractivity contribution in [3.63, 3.8) is 0 Å². The van der Waals surface area contributed by atoms with Gasteiger partial charge in [-0.3, -0.25) is 4.57 Å². The largest absolute Gasteiger partial charge is 0.352 e. The highest BCUT2D eigenvalue weighted by atomic mass is 31.2. The molecule has 0 spiro atoms. The van der Waals surface area contributed by atoms with Crippen LogP contribution in [-0.2, 0) is 13.6 Å². The fourth-order valence-electron chi connectivity index (χ4n) is 1.58. The Balaban J connectivity index is 3.54. The molecule has 5 nitrogen and oxygen atoms in total. The van der Waals surface area contributed by atoms with Crippen molar-refractivity contribution in [1.82, 2.24) is 4.98 Å². The van der Waals surface area contributed by atoms with Gasteiger partial charge in [0.2, 0.25) is 0 Å². The zero-order chi connectivity index (χ0) is 16.2. The first-order valence-electron chi connectivity index (χ1n) is 5.80. The first-order chi connectivity index (χ1) is 9.82. The SMILES string of the molecule is CCOP(=O)(OCC)[C@H](C#N)c1c(F)c(F)nc(F)c1F. The van der Waals surface area contributed by atoms with Gasteiger partial charge in [-0.15, -0.1) is 0 Å². The van der Waals surface area contributed by atoms with E-state index in [4.69, 9.17) is 14.3 Å². The third kappa shape index (κ3) is 3.40. The summed E-state index contributed by atoms with van der Waals surface area (Å²) in [4.78, 5) is 2.36. The Kier molecular flexibility index (Phi) is 5.84. The van der Waals surface area contributed by atoms with Crippen LogP contribution in [0, 0.1) is 34.9 Å². The van der Waals surface area contributed by atoms with E-state index in [1.54, 1.807) is 0 Å². The molecule has 0 saturated carbocycles. The van der Waals surface area contributed by atoms with Crippen LogP contribution in [0.3, 0.4) is 0 Å². The molecular weight excluding hydrogens is 315 g/mol. The minimum absolute atomic E-state index is 0.200. The lowest BCUT2D eigenvalue weighted by Crippen LogP contribution is -2.13. The Morgan fingerprint density at radius 1 is 1.14 bits per heavy atom. The van der Waals surface area contributed by atoms with E-state index in [1.165, 1.54) is 19.9 Å². The lowest BCUT2D eigenvalue weighted by Gasteiger charge is -2.22. The molecule has 0 aromatic carbocycles. The van der Waals surface area contributed by atoms with Crippen molar-refractivity contribution in [1.29, 1.82) is 5.26 Å². The Morgan fingerprint density at radius 3 is 1.90 bits per heavy atom. The van der Waals surface area contributed by atoms with Crippen LogP contribution in [0.5, 0.6) is 0 Å². The van der Waals surface area contributed by atoms with Crippen LogP contribution in [0.2, 0.25) is 0 Å². The Hall–Kier alpha value is -1.49. The van der Waals surface area contributed by atoms with Crippen molar-refractivity contribution in [2.75, 3.05) is 13.2 Å². The average molecular weight is 326 g/mol. The van der Waals surface area contributed by atoms with Crippen LogP contribution in [0.4, 0.5) is 17.6 Å². The van der Waals surface area contributed by atoms with E-state index in [2.05, 4.69) is 4.98 Å². The van der Waals surface area contributed by atoms with Gasteiger partial charge in [0.25, 0.3) is 11.9 Å². The van der Waals surface area contributed by atoms with Crippen LogP contribution in [0.1, 0.15) is 25.1 Å². The van der Waals surface area contributed by atoms with Crippen molar-refractivity contribution in [3.05, 3.63) is 29.1 Å². The van der Waals surface area contributed by atoms with Crippen molar-refractivity contribution in [2.24, 2.45) is 0 Å². The molecule has 1 rings (SSSR count). The molecule has 116 valence electrons. The molecule has 0 N–H and O–H groups in total. The quantitative estimate of drug-likeness (QED) is 0.455. The van der Waals surface area contributed by atoms with Gasteiger partial charge in [0.1, 0.15) is 0 Å². The molecule has 0 aliphatic rings. The molecule has 1 atom stereocenters. The molecule has 0 aliphatic heterocycles. The second-order valence-electron chi connectivity index (χ2n) is 3.64. The first kappa shape index (κ1) is 17.6. The van der Waals surface area contributed by atoms with Crippen molar-refractivity contribution >= 4 is 7.60 Å². The number of pyridine rings is 1. The van der Waals surface area contributed by atoms with Gasteiger partial charge in [0, 0.05) is 0 Å². The maximum atomic E-state index is 13.7. The molecule has 1 heterocycles. The lowest BCUT2D eigenvalue weighted by molar-refractivity contribution is 0.215. The highest BCUT2D eigenvalue weighted by Crippen LogP contribution is 2.61. The molecule has 10 heteroatoms. The minimum Gasteiger partial charge on any atom is -0.308 e. The highest BCUT2D eigenvalue weighted by molar-refractivity contribution is 7.54. The van der Waals surface area contributed by atoms with E-state index >= 15 is 0 Å². The number of aromatic nitrogens is 1. The molecule has 0 amide bonds. The summed E-state index contributed by atoms with van der Waals surface area (Å²) >= 11 is 0. The van der Waals surface area contributed by atoms with Gasteiger partial charge in [-0.25, -0.2) is 8.78 Å². The van der Waals surface area contributed by atoms with Crippen molar-refractivity contribution in [3.8, 4) is 6.07 Å². The lowest BCUT2D eigenvalue weighted by atomic mass is 10.2. The van der Waals surface area contributed by atoms with E-state index in [-0.39, 0.29) is 13.2 Å². The third-order valence-electron chi connectivity index (χ3n) is 2.36. The standard InChI is InChI=1S/C11H11F4N2O3P/c1-3-19-21(18,20-4-2)6(5-16)7-8(12)10(14)17-11(15)9(7)13/h6H,3-4H2,1-2H3/t6-/m1/s1. The fourth-order valence-corrected chi connectivity index (χ4v) is 3.36. The molecular formula is C11H11F4N2O3P. The summed E-state index contributed by atoms with van der Waals surface area (Å²) in [5.74, 6) is -7.74. The zero-order valence-electron chi connectivity index (χ0n) is 11.1. The van der Waals surface area contributed by atoms with Gasteiger partial charge >= 0.3 is 7.60 Å². The predicted octanol–water partition coefficient (Wildman–Crippen LogP) is 3.47. The molecule has 0 saturated heterocycles. The van der Waals surface area contributed by atoms with E-state index in [0.717, 1.165) is 0 Å². The molecule has 0 radical (unpaired) electrons. The minimum atomic E-state index is -4.35. The Morgan fingerprint density at radius 2 is 1.57 bits per heavy atom. The molecule has 0 aliphatic carbocycles. The monoisotopic (exact) mass is 326 g/mol. The Labute approximate surface area is 118 Å². The van der Waals surface area contributed by atoms with E-state index in [9.17, 15) is 22.1 Å². The molecule has 1 aromatic rings. The van der Waals surface area contributed by atoms with Gasteiger partial charge in [-0.2, -0.15) is 19.0 Å². The fraction of sp³-hybridized carbons (Fsp3) is 0.455. The summed E-state index contributed by atoms with van der Waals surface area (Å²) in [5.41, 5.74) is -3.53. The summed E-state index contributed by atoms with van der Waals surface area (Å²) < 4.78 is 75.5. The summed E-state index contributed by atoms with van der Waals surface area (Å²) in [7, 11) is -4.35. The number of hydrogen-bond acceptors (Lipinski definition) is 5. The van der Waals surface area contributed by atoms with Gasteiger partial charge < -0.3 is 9.05 Å². The summed E-state index contributed by atoms with van der Waals surface area (Å²) in [5, 5.41) is 9.02. The van der Waals surface area contributed by atoms with Gasteiger partial charge in [-0.1, -0.05) is 0 Å². The maximum absolute atomic E-state index is 13.7. The maximum Gasteiger partial charge on any atom is 0.352 e. The first-order valence-corrected chi connectivity index (χ1v) is 7.41. The second kappa shape index (κ2) is 6.98. The zero-order valence-corrected chi connectivity index (χ0v) is 12.0. The van der Waals surface area contributed by atoms with Gasteiger partial charge in [-0.05, 0) is 13.8 Å². The number of nitrogens with zero attached hydrogens (tertiary/aromatic N) is 2. The molecule has 0 unspecified atom stereocenters. The molecule has 0 fully saturated rings. The number of hydrogen-bond donors (Lipinski definition) is 0. The van der Waals surface area contributed by atoms with Crippen LogP contribution in [-0.4, -0.2) is 18.2 Å². The smallest absolute Gasteiger partial charge is 0.308 e. The van der Waals surface area contributed by atoms with Crippen molar-refractivity contribution < 1.29 is 31.2 Å². The normalized spacial score (nSPS) is 13.0. The summed E-state index contributed by atoms with van der Waals surface area (Å²) in [6.45, 7) is 2.41. The van der Waals surface area contributed by atoms with E-state index in [1.807, 2.05) is 0 Å². The second-order valence-corrected chi connectivity index (χ2v) is 5.75. The highest BCUT2D eigenvalue weighted by Gasteiger charge is 2.42. The van der Waals surface area contributed by atoms with E-state index < -0.39 is 42.3 Å². The van der Waals surface area contributed by atoms with Crippen molar-refractivity contribution in [2.45, 2.75) is 19.5 Å². The number of rotatable bonds is 6. The summed E-state index contributed by atoms with van der Waals surface area (Å²) in [6.07, 6.45) is 0. The Bertz CT molecular complexity index is 584. The van der Waals surface area contributed by atoms with Crippen LogP contribution >= 0.6 is 7.60 Å². The van der Waals surface area contributed by atoms with Gasteiger partial charge in [0.05, 0.1) is 24.8 Å². The molecule has 21 heavy (non-hydrogen) atoms. The topological polar surface area (TPSA) is 72.2 Å². The molecule has 1 aromatic heterocycles. The van der Waals surface area contributed by atoms with Crippen LogP contribution in [0.25, 0.3) is 0 Å². The van der Waals surface area contributed by atoms with Crippen LogP contribution in [0.15, 0.2) is 0 Å². The predicted molar refractivity (Wildman–Crippen MR) is 63.3 cm³/mol. The third-order valence-corrected chi connectivity index (χ3v) is 4.60. The van der Waals surface area contributed by atoms with Crippen LogP contribution < -0.4 is 0 Å². The summed E-state index contributed by atoms with van der Waals surface area (Å²) in [6, 6.07) is 1.31. The average Bonchev–Trinajstić information content (AvgIpc) is 2.41. The molecule has 0 bridgehead atoms.